The molecule has 0 aliphatic carbocycles. The monoisotopic (exact) mass is 236 g/mol. The van der Waals surface area contributed by atoms with Gasteiger partial charge in [0.15, 0.2) is 0 Å². The molecule has 0 spiro atoms. The molecule has 2 N–H and O–H groups in total. The minimum atomic E-state index is -1.07. The fourth-order valence-corrected chi connectivity index (χ4v) is 1.15. The van der Waals surface area contributed by atoms with Gasteiger partial charge in [-0.1, -0.05) is 6.92 Å². The van der Waals surface area contributed by atoms with Gasteiger partial charge in [0, 0.05) is 11.7 Å². The van der Waals surface area contributed by atoms with Crippen molar-refractivity contribution in [2.24, 2.45) is 0 Å². The van der Waals surface area contributed by atoms with E-state index < -0.39 is 5.97 Å². The smallest absolute Gasteiger partial charge is 0.335 e. The maximum Gasteiger partial charge on any atom is 0.335 e. The summed E-state index contributed by atoms with van der Waals surface area (Å²) in [5.74, 6) is -1.43. The van der Waals surface area contributed by atoms with Crippen molar-refractivity contribution in [3.8, 4) is 0 Å². The van der Waals surface area contributed by atoms with E-state index in [1.54, 1.807) is 0 Å². The maximum atomic E-state index is 11.8. The number of hydrogen-bond donors (Lipinski definition) is 2. The molecular formula is C12H16N2O3. The second kappa shape index (κ2) is 4.95. The van der Waals surface area contributed by atoms with E-state index in [1.807, 2.05) is 20.8 Å². The molecule has 1 heterocycles. The standard InChI is InChI=1S/C12H16N2O3/c1-4-12(2,3)14-10(15)9-7-8(11(16)17)5-6-13-9/h5-7H,4H2,1-3H3,(H,14,15)(H,16,17). The van der Waals surface area contributed by atoms with Gasteiger partial charge in [-0.25, -0.2) is 4.79 Å². The van der Waals surface area contributed by atoms with Gasteiger partial charge in [-0.05, 0) is 32.4 Å². The van der Waals surface area contributed by atoms with Gasteiger partial charge in [-0.15, -0.1) is 0 Å². The molecule has 1 amide bonds. The molecule has 92 valence electrons. The number of carbonyl (C=O) groups excluding carboxylic acids is 1. The zero-order chi connectivity index (χ0) is 13.1. The second-order valence-corrected chi connectivity index (χ2v) is 4.43. The zero-order valence-electron chi connectivity index (χ0n) is 10.2. The summed E-state index contributed by atoms with van der Waals surface area (Å²) in [6, 6.07) is 2.62. The highest BCUT2D eigenvalue weighted by Gasteiger charge is 2.20. The summed E-state index contributed by atoms with van der Waals surface area (Å²) >= 11 is 0. The third-order valence-electron chi connectivity index (χ3n) is 2.58. The summed E-state index contributed by atoms with van der Waals surface area (Å²) in [5, 5.41) is 11.6. The molecule has 0 radical (unpaired) electrons. The van der Waals surface area contributed by atoms with Crippen LogP contribution in [0.15, 0.2) is 18.3 Å². The first kappa shape index (κ1) is 13.2. The van der Waals surface area contributed by atoms with Gasteiger partial charge in [0.1, 0.15) is 5.69 Å². The number of hydrogen-bond acceptors (Lipinski definition) is 3. The van der Waals surface area contributed by atoms with E-state index in [9.17, 15) is 9.59 Å². The molecule has 0 atom stereocenters. The number of amides is 1. The normalized spacial score (nSPS) is 11.0. The Hall–Kier alpha value is -1.91. The van der Waals surface area contributed by atoms with Crippen LogP contribution in [0.4, 0.5) is 0 Å². The summed E-state index contributed by atoms with van der Waals surface area (Å²) in [7, 11) is 0. The number of aromatic carboxylic acids is 1. The minimum absolute atomic E-state index is 0.0551. The van der Waals surface area contributed by atoms with E-state index >= 15 is 0 Å². The molecule has 0 fully saturated rings. The SMILES string of the molecule is CCC(C)(C)NC(=O)c1cc(C(=O)O)ccn1. The van der Waals surface area contributed by atoms with Crippen molar-refractivity contribution >= 4 is 11.9 Å². The lowest BCUT2D eigenvalue weighted by Gasteiger charge is -2.24. The average molecular weight is 236 g/mol. The van der Waals surface area contributed by atoms with Crippen molar-refractivity contribution in [2.45, 2.75) is 32.7 Å². The lowest BCUT2D eigenvalue weighted by molar-refractivity contribution is 0.0696. The van der Waals surface area contributed by atoms with Crippen molar-refractivity contribution in [1.82, 2.24) is 10.3 Å². The topological polar surface area (TPSA) is 79.3 Å². The summed E-state index contributed by atoms with van der Waals surface area (Å²) in [6.07, 6.45) is 2.09. The van der Waals surface area contributed by atoms with Gasteiger partial charge in [0.05, 0.1) is 5.56 Å². The van der Waals surface area contributed by atoms with Crippen molar-refractivity contribution in [2.75, 3.05) is 0 Å². The molecule has 17 heavy (non-hydrogen) atoms. The van der Waals surface area contributed by atoms with Gasteiger partial charge >= 0.3 is 5.97 Å². The summed E-state index contributed by atoms with van der Waals surface area (Å²) in [6.45, 7) is 5.75. The Morgan fingerprint density at radius 3 is 2.65 bits per heavy atom. The van der Waals surface area contributed by atoms with E-state index in [4.69, 9.17) is 5.11 Å². The third-order valence-corrected chi connectivity index (χ3v) is 2.58. The number of carboxylic acid groups (broad SMARTS) is 1. The predicted octanol–water partition coefficient (Wildman–Crippen LogP) is 1.70. The summed E-state index contributed by atoms with van der Waals surface area (Å²) in [4.78, 5) is 26.4. The molecule has 0 aliphatic heterocycles. The highest BCUT2D eigenvalue weighted by molar-refractivity contribution is 5.96. The van der Waals surface area contributed by atoms with Crippen LogP contribution in [0.2, 0.25) is 0 Å². The highest BCUT2D eigenvalue weighted by atomic mass is 16.4. The number of aromatic nitrogens is 1. The molecular weight excluding hydrogens is 220 g/mol. The van der Waals surface area contributed by atoms with Gasteiger partial charge in [0.2, 0.25) is 0 Å². The quantitative estimate of drug-likeness (QED) is 0.833. The molecule has 0 unspecified atom stereocenters. The number of rotatable bonds is 4. The van der Waals surface area contributed by atoms with E-state index in [2.05, 4.69) is 10.3 Å². The Morgan fingerprint density at radius 2 is 2.12 bits per heavy atom. The lowest BCUT2D eigenvalue weighted by atomic mass is 10.0. The van der Waals surface area contributed by atoms with Crippen LogP contribution in [0.5, 0.6) is 0 Å². The van der Waals surface area contributed by atoms with Crippen LogP contribution in [-0.4, -0.2) is 27.5 Å². The molecule has 1 rings (SSSR count). The zero-order valence-corrected chi connectivity index (χ0v) is 10.2. The minimum Gasteiger partial charge on any atom is -0.478 e. The van der Waals surface area contributed by atoms with Crippen LogP contribution in [0.25, 0.3) is 0 Å². The number of nitrogens with one attached hydrogen (secondary N) is 1. The third kappa shape index (κ3) is 3.55. The van der Waals surface area contributed by atoms with Gasteiger partial charge in [0.25, 0.3) is 5.91 Å². The van der Waals surface area contributed by atoms with Crippen LogP contribution >= 0.6 is 0 Å². The van der Waals surface area contributed by atoms with Crippen molar-refractivity contribution in [3.05, 3.63) is 29.6 Å². The van der Waals surface area contributed by atoms with E-state index in [0.29, 0.717) is 0 Å². The number of carbonyl (C=O) groups is 2. The molecule has 0 bridgehead atoms. The van der Waals surface area contributed by atoms with Gasteiger partial charge in [-0.3, -0.25) is 9.78 Å². The molecule has 5 heteroatoms. The summed E-state index contributed by atoms with van der Waals surface area (Å²) < 4.78 is 0. The molecule has 0 saturated heterocycles. The Kier molecular flexibility index (Phi) is 3.83. The number of pyridine rings is 1. The van der Waals surface area contributed by atoms with Crippen LogP contribution in [0.3, 0.4) is 0 Å². The first-order chi connectivity index (χ1) is 7.85. The van der Waals surface area contributed by atoms with Crippen LogP contribution < -0.4 is 5.32 Å². The number of nitrogens with zero attached hydrogens (tertiary/aromatic N) is 1. The molecule has 0 aromatic carbocycles. The van der Waals surface area contributed by atoms with E-state index in [0.717, 1.165) is 6.42 Å². The molecule has 0 aliphatic rings. The fraction of sp³-hybridized carbons (Fsp3) is 0.417. The first-order valence-electron chi connectivity index (χ1n) is 5.37. The fourth-order valence-electron chi connectivity index (χ4n) is 1.15. The Morgan fingerprint density at radius 1 is 1.47 bits per heavy atom. The summed E-state index contributed by atoms with van der Waals surface area (Å²) in [5.41, 5.74) is -0.163. The van der Waals surface area contributed by atoms with E-state index in [1.165, 1.54) is 18.3 Å². The largest absolute Gasteiger partial charge is 0.478 e. The van der Waals surface area contributed by atoms with Crippen molar-refractivity contribution in [3.63, 3.8) is 0 Å². The molecule has 1 aromatic rings. The molecule has 0 saturated carbocycles. The second-order valence-electron chi connectivity index (χ2n) is 4.43. The van der Waals surface area contributed by atoms with Crippen LogP contribution in [0, 0.1) is 0 Å². The molecule has 5 nitrogen and oxygen atoms in total. The van der Waals surface area contributed by atoms with Crippen molar-refractivity contribution < 1.29 is 14.7 Å². The molecule has 1 aromatic heterocycles. The van der Waals surface area contributed by atoms with Gasteiger partial charge in [-0.2, -0.15) is 0 Å². The highest BCUT2D eigenvalue weighted by Crippen LogP contribution is 2.09. The Balaban J connectivity index is 2.90. The first-order valence-corrected chi connectivity index (χ1v) is 5.37. The van der Waals surface area contributed by atoms with Crippen molar-refractivity contribution in [1.29, 1.82) is 0 Å². The number of carboxylic acids is 1. The van der Waals surface area contributed by atoms with Crippen LogP contribution in [0.1, 0.15) is 48.0 Å². The predicted molar refractivity (Wildman–Crippen MR) is 63.0 cm³/mol. The maximum absolute atomic E-state index is 11.8. The Labute approximate surface area is 99.9 Å². The Bertz CT molecular complexity index is 441. The lowest BCUT2D eigenvalue weighted by Crippen LogP contribution is -2.43. The van der Waals surface area contributed by atoms with Crippen LogP contribution in [-0.2, 0) is 0 Å². The van der Waals surface area contributed by atoms with Gasteiger partial charge < -0.3 is 10.4 Å². The average Bonchev–Trinajstić information content (AvgIpc) is 2.28. The van der Waals surface area contributed by atoms with E-state index in [-0.39, 0.29) is 22.7 Å².